The molecule has 0 saturated carbocycles. The van der Waals surface area contributed by atoms with Gasteiger partial charge in [-0.2, -0.15) is 0 Å². The van der Waals surface area contributed by atoms with Crippen LogP contribution in [0.4, 0.5) is 0 Å². The molecule has 2 N–H and O–H groups in total. The number of ether oxygens (including phenoxy) is 3. The van der Waals surface area contributed by atoms with Gasteiger partial charge in [-0.3, -0.25) is 4.79 Å². The van der Waals surface area contributed by atoms with E-state index in [1.165, 1.54) is 0 Å². The topological polar surface area (TPSA) is 74.0 Å². The average molecular weight is 315 g/mol. The van der Waals surface area contributed by atoms with Crippen molar-refractivity contribution < 1.29 is 19.0 Å². The van der Waals surface area contributed by atoms with Gasteiger partial charge >= 0.3 is 0 Å². The fraction of sp³-hybridized carbons (Fsp3) is 0.500. The number of carbonyl (C=O) groups is 1. The van der Waals surface area contributed by atoms with Crippen LogP contribution in [-0.2, 0) is 4.74 Å². The Morgan fingerprint density at radius 2 is 2.10 bits per heavy atom. The molecule has 0 aromatic heterocycles. The van der Waals surface area contributed by atoms with Crippen LogP contribution in [0.1, 0.15) is 10.4 Å². The Kier molecular flexibility index (Phi) is 5.27. The molecule has 2 aliphatic heterocycles. The third kappa shape index (κ3) is 3.23. The number of hydrogen-bond acceptors (Lipinski definition) is 5. The van der Waals surface area contributed by atoms with Gasteiger partial charge in [0.2, 0.25) is 0 Å². The number of amides is 1. The van der Waals surface area contributed by atoms with Gasteiger partial charge in [0.05, 0.1) is 18.3 Å². The average Bonchev–Trinajstić information content (AvgIpc) is 2.53. The summed E-state index contributed by atoms with van der Waals surface area (Å²) in [5.41, 5.74) is 6.15. The second-order valence-corrected chi connectivity index (χ2v) is 4.81. The zero-order valence-electron chi connectivity index (χ0n) is 11.6. The van der Waals surface area contributed by atoms with Crippen LogP contribution in [0.3, 0.4) is 0 Å². The highest BCUT2D eigenvalue weighted by molar-refractivity contribution is 5.98. The lowest BCUT2D eigenvalue weighted by molar-refractivity contribution is -0.0169. The Hall–Kier alpha value is -1.50. The third-order valence-electron chi connectivity index (χ3n) is 3.49. The Labute approximate surface area is 129 Å². The van der Waals surface area contributed by atoms with E-state index in [-0.39, 0.29) is 24.4 Å². The molecule has 1 unspecified atom stereocenters. The number of carbonyl (C=O) groups excluding carboxylic acids is 1. The molecule has 1 saturated heterocycles. The Morgan fingerprint density at radius 3 is 2.90 bits per heavy atom. The Morgan fingerprint density at radius 1 is 1.29 bits per heavy atom. The number of halogens is 1. The van der Waals surface area contributed by atoms with E-state index < -0.39 is 0 Å². The lowest BCUT2D eigenvalue weighted by Gasteiger charge is -2.33. The minimum Gasteiger partial charge on any atom is -0.486 e. The van der Waals surface area contributed by atoms with Gasteiger partial charge in [-0.25, -0.2) is 0 Å². The first-order valence-corrected chi connectivity index (χ1v) is 6.79. The van der Waals surface area contributed by atoms with Gasteiger partial charge in [0.25, 0.3) is 5.91 Å². The van der Waals surface area contributed by atoms with Crippen LogP contribution in [0.5, 0.6) is 11.5 Å². The van der Waals surface area contributed by atoms with Crippen LogP contribution >= 0.6 is 12.4 Å². The molecule has 1 aromatic carbocycles. The van der Waals surface area contributed by atoms with E-state index in [9.17, 15) is 4.79 Å². The summed E-state index contributed by atoms with van der Waals surface area (Å²) in [4.78, 5) is 14.4. The molecule has 116 valence electrons. The molecule has 0 bridgehead atoms. The fourth-order valence-electron chi connectivity index (χ4n) is 2.46. The van der Waals surface area contributed by atoms with E-state index in [2.05, 4.69) is 0 Å². The monoisotopic (exact) mass is 314 g/mol. The number of rotatable bonds is 2. The normalized spacial score (nSPS) is 20.6. The Balaban J connectivity index is 0.00000161. The molecule has 0 radical (unpaired) electrons. The predicted molar refractivity (Wildman–Crippen MR) is 79.4 cm³/mol. The van der Waals surface area contributed by atoms with Crippen LogP contribution in [0.25, 0.3) is 0 Å². The van der Waals surface area contributed by atoms with E-state index in [1.54, 1.807) is 11.0 Å². The number of para-hydroxylation sites is 1. The molecule has 1 atom stereocenters. The first-order valence-electron chi connectivity index (χ1n) is 6.79. The second kappa shape index (κ2) is 6.98. The molecule has 3 rings (SSSR count). The first kappa shape index (κ1) is 15.9. The molecular formula is C14H19ClN2O4. The summed E-state index contributed by atoms with van der Waals surface area (Å²) in [7, 11) is 0. The molecule has 6 nitrogen and oxygen atoms in total. The van der Waals surface area contributed by atoms with Gasteiger partial charge in [0.15, 0.2) is 11.5 Å². The van der Waals surface area contributed by atoms with Gasteiger partial charge in [-0.15, -0.1) is 12.4 Å². The zero-order chi connectivity index (χ0) is 13.9. The van der Waals surface area contributed by atoms with Crippen molar-refractivity contribution in [3.05, 3.63) is 23.8 Å². The molecule has 21 heavy (non-hydrogen) atoms. The van der Waals surface area contributed by atoms with Crippen molar-refractivity contribution in [3.63, 3.8) is 0 Å². The van der Waals surface area contributed by atoms with Gasteiger partial charge in [0, 0.05) is 19.6 Å². The van der Waals surface area contributed by atoms with Crippen molar-refractivity contribution in [2.75, 3.05) is 39.5 Å². The van der Waals surface area contributed by atoms with Crippen molar-refractivity contribution in [3.8, 4) is 11.5 Å². The molecule has 0 aliphatic carbocycles. The summed E-state index contributed by atoms with van der Waals surface area (Å²) >= 11 is 0. The molecule has 2 aliphatic rings. The number of morpholine rings is 1. The highest BCUT2D eigenvalue weighted by atomic mass is 35.5. The van der Waals surface area contributed by atoms with Crippen LogP contribution in [-0.4, -0.2) is 56.4 Å². The van der Waals surface area contributed by atoms with Crippen LogP contribution < -0.4 is 15.2 Å². The maximum atomic E-state index is 12.6. The van der Waals surface area contributed by atoms with Crippen molar-refractivity contribution in [1.29, 1.82) is 0 Å². The molecule has 2 heterocycles. The number of nitrogens with zero attached hydrogens (tertiary/aromatic N) is 1. The molecule has 1 fully saturated rings. The van der Waals surface area contributed by atoms with E-state index >= 15 is 0 Å². The summed E-state index contributed by atoms with van der Waals surface area (Å²) in [5, 5.41) is 0. The highest BCUT2D eigenvalue weighted by Crippen LogP contribution is 2.34. The second-order valence-electron chi connectivity index (χ2n) is 4.81. The largest absolute Gasteiger partial charge is 0.486 e. The summed E-state index contributed by atoms with van der Waals surface area (Å²) in [6.07, 6.45) is -0.0931. The molecule has 0 spiro atoms. The maximum absolute atomic E-state index is 12.6. The lowest BCUT2D eigenvalue weighted by Crippen LogP contribution is -2.48. The zero-order valence-corrected chi connectivity index (χ0v) is 12.4. The third-order valence-corrected chi connectivity index (χ3v) is 3.49. The van der Waals surface area contributed by atoms with Crippen molar-refractivity contribution in [2.45, 2.75) is 6.10 Å². The summed E-state index contributed by atoms with van der Waals surface area (Å²) in [6, 6.07) is 5.39. The van der Waals surface area contributed by atoms with Crippen molar-refractivity contribution >= 4 is 18.3 Å². The molecule has 1 aromatic rings. The Bertz CT molecular complexity index is 512. The van der Waals surface area contributed by atoms with Crippen LogP contribution in [0, 0.1) is 0 Å². The highest BCUT2D eigenvalue weighted by Gasteiger charge is 2.28. The van der Waals surface area contributed by atoms with Gasteiger partial charge in [-0.05, 0) is 12.1 Å². The molecule has 1 amide bonds. The number of fused-ring (bicyclic) bond motifs is 1. The van der Waals surface area contributed by atoms with E-state index in [0.29, 0.717) is 56.5 Å². The fourth-order valence-corrected chi connectivity index (χ4v) is 2.46. The van der Waals surface area contributed by atoms with Gasteiger partial charge in [0.1, 0.15) is 13.2 Å². The maximum Gasteiger partial charge on any atom is 0.257 e. The number of nitrogens with two attached hydrogens (primary N) is 1. The number of hydrogen-bond donors (Lipinski definition) is 1. The molecule has 7 heteroatoms. The SMILES string of the molecule is Cl.NCC1CN(C(=O)c2cccc3c2OCCO3)CCO1. The van der Waals surface area contributed by atoms with Gasteiger partial charge < -0.3 is 24.8 Å². The standard InChI is InChI=1S/C14H18N2O4.ClH/c15-8-10-9-16(4-5-18-10)14(17)11-2-1-3-12-13(11)20-7-6-19-12;/h1-3,10H,4-9,15H2;1H. The van der Waals surface area contributed by atoms with E-state index in [1.807, 2.05) is 12.1 Å². The summed E-state index contributed by atoms with van der Waals surface area (Å²) in [5.74, 6) is 1.11. The van der Waals surface area contributed by atoms with Crippen molar-refractivity contribution in [2.24, 2.45) is 5.73 Å². The predicted octanol–water partition coefficient (Wildman–Crippen LogP) is 0.679. The quantitative estimate of drug-likeness (QED) is 0.869. The van der Waals surface area contributed by atoms with E-state index in [0.717, 1.165) is 0 Å². The minimum absolute atomic E-state index is 0. The smallest absolute Gasteiger partial charge is 0.257 e. The molecular weight excluding hydrogens is 296 g/mol. The summed E-state index contributed by atoms with van der Waals surface area (Å²) < 4.78 is 16.6. The van der Waals surface area contributed by atoms with Crippen LogP contribution in [0.2, 0.25) is 0 Å². The van der Waals surface area contributed by atoms with Crippen molar-refractivity contribution in [1.82, 2.24) is 4.90 Å². The lowest BCUT2D eigenvalue weighted by atomic mass is 10.1. The first-order chi connectivity index (χ1) is 9.79. The van der Waals surface area contributed by atoms with Gasteiger partial charge in [-0.1, -0.05) is 6.07 Å². The van der Waals surface area contributed by atoms with Crippen LogP contribution in [0.15, 0.2) is 18.2 Å². The van der Waals surface area contributed by atoms with E-state index in [4.69, 9.17) is 19.9 Å². The minimum atomic E-state index is -0.0931. The number of benzene rings is 1. The summed E-state index contributed by atoms with van der Waals surface area (Å²) in [6.45, 7) is 2.99.